The van der Waals surface area contributed by atoms with Crippen LogP contribution in [0.4, 0.5) is 5.82 Å². The molecule has 1 aromatic rings. The lowest BCUT2D eigenvalue weighted by molar-refractivity contribution is 0.451. The van der Waals surface area contributed by atoms with E-state index in [0.29, 0.717) is 11.5 Å². The zero-order chi connectivity index (χ0) is 11.3. The second-order valence-corrected chi connectivity index (χ2v) is 4.15. The Labute approximate surface area is 92.9 Å². The Kier molecular flexibility index (Phi) is 1.80. The van der Waals surface area contributed by atoms with Gasteiger partial charge in [0.05, 0.1) is 11.6 Å². The normalized spacial score (nSPS) is 25.8. The summed E-state index contributed by atoms with van der Waals surface area (Å²) in [6.45, 7) is 1.70. The Morgan fingerprint density at radius 2 is 2.12 bits per heavy atom. The van der Waals surface area contributed by atoms with Gasteiger partial charge in [0.1, 0.15) is 5.82 Å². The average Bonchev–Trinajstić information content (AvgIpc) is 2.54. The zero-order valence-corrected chi connectivity index (χ0v) is 9.18. The van der Waals surface area contributed by atoms with Crippen LogP contribution in [0.2, 0.25) is 0 Å². The summed E-state index contributed by atoms with van der Waals surface area (Å²) in [6, 6.07) is 0.192. The SMILES string of the molecule is Cc1nc2c(c(=O)o1)C1C=CC=CC1N2C. The largest absolute Gasteiger partial charge is 0.408 e. The molecule has 1 aliphatic carbocycles. The number of aromatic nitrogens is 1. The Bertz CT molecular complexity index is 557. The van der Waals surface area contributed by atoms with Crippen molar-refractivity contribution in [1.29, 1.82) is 0 Å². The van der Waals surface area contributed by atoms with Crippen molar-refractivity contribution in [3.05, 3.63) is 46.2 Å². The van der Waals surface area contributed by atoms with Crippen molar-refractivity contribution in [3.63, 3.8) is 0 Å². The van der Waals surface area contributed by atoms with Crippen LogP contribution in [0.3, 0.4) is 0 Å². The molecule has 0 bridgehead atoms. The summed E-state index contributed by atoms with van der Waals surface area (Å²) in [7, 11) is 1.96. The maximum Gasteiger partial charge on any atom is 0.344 e. The molecule has 4 heteroatoms. The van der Waals surface area contributed by atoms with Gasteiger partial charge in [-0.05, 0) is 0 Å². The molecule has 0 saturated carbocycles. The van der Waals surface area contributed by atoms with E-state index in [2.05, 4.69) is 11.1 Å². The molecule has 0 radical (unpaired) electrons. The fourth-order valence-corrected chi connectivity index (χ4v) is 2.44. The van der Waals surface area contributed by atoms with Crippen molar-refractivity contribution in [2.24, 2.45) is 0 Å². The monoisotopic (exact) mass is 216 g/mol. The molecule has 2 aliphatic rings. The van der Waals surface area contributed by atoms with Crippen molar-refractivity contribution in [3.8, 4) is 0 Å². The summed E-state index contributed by atoms with van der Waals surface area (Å²) in [5.74, 6) is 1.25. The summed E-state index contributed by atoms with van der Waals surface area (Å²) in [5.41, 5.74) is 0.417. The first-order valence-corrected chi connectivity index (χ1v) is 5.28. The van der Waals surface area contributed by atoms with Gasteiger partial charge in [-0.1, -0.05) is 24.3 Å². The number of hydrogen-bond donors (Lipinski definition) is 0. The lowest BCUT2D eigenvalue weighted by Crippen LogP contribution is -2.29. The summed E-state index contributed by atoms with van der Waals surface area (Å²) in [6.07, 6.45) is 8.07. The van der Waals surface area contributed by atoms with Crippen molar-refractivity contribution < 1.29 is 4.42 Å². The Morgan fingerprint density at radius 1 is 1.38 bits per heavy atom. The first-order valence-electron chi connectivity index (χ1n) is 5.28. The first kappa shape index (κ1) is 9.39. The van der Waals surface area contributed by atoms with Gasteiger partial charge in [-0.25, -0.2) is 4.79 Å². The van der Waals surface area contributed by atoms with Crippen molar-refractivity contribution in [2.45, 2.75) is 18.9 Å². The van der Waals surface area contributed by atoms with Gasteiger partial charge in [0, 0.05) is 19.9 Å². The van der Waals surface area contributed by atoms with E-state index >= 15 is 0 Å². The average molecular weight is 216 g/mol. The van der Waals surface area contributed by atoms with Gasteiger partial charge in [0.2, 0.25) is 0 Å². The molecule has 0 saturated heterocycles. The molecule has 1 aliphatic heterocycles. The maximum atomic E-state index is 11.8. The Hall–Kier alpha value is -1.84. The van der Waals surface area contributed by atoms with Crippen LogP contribution in [0.15, 0.2) is 33.5 Å². The van der Waals surface area contributed by atoms with Crippen LogP contribution in [0.5, 0.6) is 0 Å². The molecule has 2 unspecified atom stereocenters. The standard InChI is InChI=1S/C12H12N2O2/c1-7-13-11-10(12(15)16-7)8-5-3-4-6-9(8)14(11)2/h3-6,8-9H,1-2H3. The predicted molar refractivity (Wildman–Crippen MR) is 60.7 cm³/mol. The van der Waals surface area contributed by atoms with Crippen LogP contribution in [-0.2, 0) is 0 Å². The molecular weight excluding hydrogens is 204 g/mol. The van der Waals surface area contributed by atoms with Crippen LogP contribution in [0.1, 0.15) is 17.4 Å². The smallest absolute Gasteiger partial charge is 0.344 e. The Morgan fingerprint density at radius 3 is 2.94 bits per heavy atom. The van der Waals surface area contributed by atoms with Gasteiger partial charge in [-0.3, -0.25) is 0 Å². The first-order chi connectivity index (χ1) is 7.68. The summed E-state index contributed by atoms with van der Waals surface area (Å²) < 4.78 is 5.07. The second-order valence-electron chi connectivity index (χ2n) is 4.15. The van der Waals surface area contributed by atoms with Gasteiger partial charge >= 0.3 is 5.63 Å². The molecule has 0 aromatic carbocycles. The Balaban J connectivity index is 2.26. The quantitative estimate of drug-likeness (QED) is 0.657. The minimum absolute atomic E-state index is 0.0781. The van der Waals surface area contributed by atoms with Gasteiger partial charge < -0.3 is 9.32 Å². The number of rotatable bonds is 0. The molecule has 0 amide bonds. The molecule has 0 N–H and O–H groups in total. The van der Waals surface area contributed by atoms with Gasteiger partial charge in [-0.15, -0.1) is 0 Å². The summed E-state index contributed by atoms with van der Waals surface area (Å²) in [4.78, 5) is 18.2. The third-order valence-electron chi connectivity index (χ3n) is 3.18. The molecule has 0 fully saturated rings. The fraction of sp³-hybridized carbons (Fsp3) is 0.333. The molecule has 2 heterocycles. The summed E-state index contributed by atoms with van der Waals surface area (Å²) in [5, 5.41) is 0. The fourth-order valence-electron chi connectivity index (χ4n) is 2.44. The van der Waals surface area contributed by atoms with E-state index in [9.17, 15) is 4.79 Å². The highest BCUT2D eigenvalue weighted by molar-refractivity contribution is 5.59. The highest BCUT2D eigenvalue weighted by Gasteiger charge is 2.38. The maximum absolute atomic E-state index is 11.8. The van der Waals surface area contributed by atoms with Crippen LogP contribution in [0, 0.1) is 6.92 Å². The van der Waals surface area contributed by atoms with E-state index in [0.717, 1.165) is 5.82 Å². The van der Waals surface area contributed by atoms with Crippen LogP contribution < -0.4 is 10.5 Å². The summed E-state index contributed by atoms with van der Waals surface area (Å²) >= 11 is 0. The van der Waals surface area contributed by atoms with E-state index in [-0.39, 0.29) is 17.6 Å². The van der Waals surface area contributed by atoms with E-state index < -0.39 is 0 Å². The topological polar surface area (TPSA) is 46.3 Å². The molecule has 16 heavy (non-hydrogen) atoms. The van der Waals surface area contributed by atoms with Crippen LogP contribution in [-0.4, -0.2) is 18.1 Å². The third kappa shape index (κ3) is 1.10. The van der Waals surface area contributed by atoms with E-state index in [1.165, 1.54) is 0 Å². The molecular formula is C12H12N2O2. The third-order valence-corrected chi connectivity index (χ3v) is 3.18. The van der Waals surface area contributed by atoms with Gasteiger partial charge in [0.15, 0.2) is 5.89 Å². The molecule has 1 aromatic heterocycles. The number of anilines is 1. The lowest BCUT2D eigenvalue weighted by atomic mass is 9.93. The lowest BCUT2D eigenvalue weighted by Gasteiger charge is -2.22. The number of aryl methyl sites for hydroxylation is 1. The van der Waals surface area contributed by atoms with E-state index in [1.54, 1.807) is 6.92 Å². The number of nitrogens with zero attached hydrogens (tertiary/aromatic N) is 2. The highest BCUT2D eigenvalue weighted by Crippen LogP contribution is 2.39. The van der Waals surface area contributed by atoms with Crippen molar-refractivity contribution >= 4 is 5.82 Å². The molecule has 0 spiro atoms. The van der Waals surface area contributed by atoms with Crippen LogP contribution in [0.25, 0.3) is 0 Å². The van der Waals surface area contributed by atoms with E-state index in [4.69, 9.17) is 4.42 Å². The number of hydrogen-bond acceptors (Lipinski definition) is 4. The number of fused-ring (bicyclic) bond motifs is 3. The number of likely N-dealkylation sites (N-methyl/N-ethyl adjacent to an activating group) is 1. The minimum atomic E-state index is -0.262. The van der Waals surface area contributed by atoms with Crippen LogP contribution >= 0.6 is 0 Å². The minimum Gasteiger partial charge on any atom is -0.408 e. The molecule has 4 nitrogen and oxygen atoms in total. The predicted octanol–water partition coefficient (Wildman–Crippen LogP) is 1.37. The molecule has 3 rings (SSSR count). The zero-order valence-electron chi connectivity index (χ0n) is 9.18. The number of allylic oxidation sites excluding steroid dienone is 2. The molecule has 82 valence electrons. The highest BCUT2D eigenvalue weighted by atomic mass is 16.4. The molecule has 2 atom stereocenters. The van der Waals surface area contributed by atoms with Crippen molar-refractivity contribution in [1.82, 2.24) is 4.98 Å². The van der Waals surface area contributed by atoms with Gasteiger partial charge in [-0.2, -0.15) is 4.98 Å². The second kappa shape index (κ2) is 3.07. The van der Waals surface area contributed by atoms with E-state index in [1.807, 2.05) is 30.2 Å². The van der Waals surface area contributed by atoms with Crippen molar-refractivity contribution in [2.75, 3.05) is 11.9 Å². The van der Waals surface area contributed by atoms with Gasteiger partial charge in [0.25, 0.3) is 0 Å².